The second-order valence-corrected chi connectivity index (χ2v) is 4.42. The lowest BCUT2D eigenvalue weighted by atomic mass is 10.2. The molecule has 14 heavy (non-hydrogen) atoms. The van der Waals surface area contributed by atoms with Crippen LogP contribution >= 0.6 is 0 Å². The molecule has 0 heterocycles. The van der Waals surface area contributed by atoms with Gasteiger partial charge in [0.05, 0.1) is 11.7 Å². The Balaban J connectivity index is 3.80. The van der Waals surface area contributed by atoms with Crippen molar-refractivity contribution < 1.29 is 14.3 Å². The molecule has 0 aliphatic carbocycles. The van der Waals surface area contributed by atoms with Crippen LogP contribution in [-0.4, -0.2) is 24.3 Å². The molecule has 0 rings (SSSR count). The summed E-state index contributed by atoms with van der Waals surface area (Å²) in [6, 6.07) is 0. The van der Waals surface area contributed by atoms with Crippen molar-refractivity contribution in [3.05, 3.63) is 12.2 Å². The summed E-state index contributed by atoms with van der Waals surface area (Å²) in [6.45, 7) is 13.1. The molecule has 0 aliphatic heterocycles. The van der Waals surface area contributed by atoms with E-state index in [0.717, 1.165) is 0 Å². The van der Waals surface area contributed by atoms with Crippen molar-refractivity contribution in [2.75, 3.05) is 6.61 Å². The molecule has 0 amide bonds. The number of ether oxygens (including phenoxy) is 2. The zero-order valence-corrected chi connectivity index (χ0v) is 9.72. The smallest absolute Gasteiger partial charge is 0.333 e. The van der Waals surface area contributed by atoms with Gasteiger partial charge in [-0.25, -0.2) is 4.79 Å². The van der Waals surface area contributed by atoms with Gasteiger partial charge in [0.1, 0.15) is 6.61 Å². The van der Waals surface area contributed by atoms with Crippen LogP contribution < -0.4 is 0 Å². The highest BCUT2D eigenvalue weighted by atomic mass is 16.6. The van der Waals surface area contributed by atoms with E-state index in [-0.39, 0.29) is 24.3 Å². The number of hydrogen-bond acceptors (Lipinski definition) is 3. The van der Waals surface area contributed by atoms with Crippen LogP contribution in [0.5, 0.6) is 0 Å². The lowest BCUT2D eigenvalue weighted by molar-refractivity contribution is -0.146. The van der Waals surface area contributed by atoms with E-state index in [1.807, 2.05) is 27.7 Å². The van der Waals surface area contributed by atoms with Crippen LogP contribution in [0.1, 0.15) is 34.6 Å². The summed E-state index contributed by atoms with van der Waals surface area (Å²) in [5, 5.41) is 0. The Morgan fingerprint density at radius 1 is 1.43 bits per heavy atom. The molecule has 1 atom stereocenters. The lowest BCUT2D eigenvalue weighted by Gasteiger charge is -2.24. The van der Waals surface area contributed by atoms with E-state index in [1.165, 1.54) is 0 Å². The normalized spacial score (nSPS) is 13.5. The molecule has 0 saturated carbocycles. The van der Waals surface area contributed by atoms with Crippen LogP contribution in [0.15, 0.2) is 12.2 Å². The second kappa shape index (κ2) is 5.15. The quantitative estimate of drug-likeness (QED) is 0.516. The van der Waals surface area contributed by atoms with E-state index in [4.69, 9.17) is 9.47 Å². The molecule has 0 aromatic rings. The number of carbonyl (C=O) groups excluding carboxylic acids is 1. The van der Waals surface area contributed by atoms with Gasteiger partial charge in [-0.3, -0.25) is 0 Å². The largest absolute Gasteiger partial charge is 0.460 e. The Morgan fingerprint density at radius 3 is 2.29 bits per heavy atom. The third-order valence-electron chi connectivity index (χ3n) is 1.35. The minimum Gasteiger partial charge on any atom is -0.460 e. The van der Waals surface area contributed by atoms with Crippen molar-refractivity contribution in [2.24, 2.45) is 0 Å². The molecule has 0 spiro atoms. The molecule has 0 aliphatic rings. The molecule has 3 nitrogen and oxygen atoms in total. The Morgan fingerprint density at radius 2 is 1.93 bits per heavy atom. The van der Waals surface area contributed by atoms with Gasteiger partial charge in [-0.15, -0.1) is 0 Å². The van der Waals surface area contributed by atoms with Gasteiger partial charge in [0.2, 0.25) is 0 Å². The lowest BCUT2D eigenvalue weighted by Crippen LogP contribution is -2.29. The molecule has 0 N–H and O–H groups in total. The maximum Gasteiger partial charge on any atom is 0.333 e. The molecule has 0 radical (unpaired) electrons. The van der Waals surface area contributed by atoms with Gasteiger partial charge in [-0.2, -0.15) is 0 Å². The summed E-state index contributed by atoms with van der Waals surface area (Å²) in [5.74, 6) is -0.366. The van der Waals surface area contributed by atoms with Gasteiger partial charge in [-0.1, -0.05) is 6.58 Å². The minimum atomic E-state index is -0.366. The van der Waals surface area contributed by atoms with Crippen molar-refractivity contribution in [2.45, 2.75) is 46.3 Å². The Kier molecular flexibility index (Phi) is 4.85. The van der Waals surface area contributed by atoms with Crippen LogP contribution in [0.25, 0.3) is 0 Å². The van der Waals surface area contributed by atoms with Gasteiger partial charge in [0, 0.05) is 5.57 Å². The van der Waals surface area contributed by atoms with Gasteiger partial charge >= 0.3 is 5.97 Å². The van der Waals surface area contributed by atoms with E-state index in [2.05, 4.69) is 6.58 Å². The predicted octanol–water partition coefficient (Wildman–Crippen LogP) is 2.31. The zero-order chi connectivity index (χ0) is 11.4. The Labute approximate surface area is 86.1 Å². The summed E-state index contributed by atoms with van der Waals surface area (Å²) in [4.78, 5) is 11.0. The fraction of sp³-hybridized carbons (Fsp3) is 0.727. The highest BCUT2D eigenvalue weighted by molar-refractivity contribution is 5.86. The van der Waals surface area contributed by atoms with Crippen molar-refractivity contribution in [3.8, 4) is 0 Å². The average molecular weight is 200 g/mol. The molecule has 3 heteroatoms. The number of carbonyl (C=O) groups is 1. The molecule has 1 unspecified atom stereocenters. The number of hydrogen-bond donors (Lipinski definition) is 0. The van der Waals surface area contributed by atoms with Gasteiger partial charge in [0.25, 0.3) is 0 Å². The second-order valence-electron chi connectivity index (χ2n) is 4.42. The summed E-state index contributed by atoms with van der Waals surface area (Å²) < 4.78 is 10.5. The van der Waals surface area contributed by atoms with Crippen molar-refractivity contribution >= 4 is 5.97 Å². The molecule has 0 bridgehead atoms. The third-order valence-corrected chi connectivity index (χ3v) is 1.35. The first-order valence-corrected chi connectivity index (χ1v) is 4.73. The molecular weight excluding hydrogens is 180 g/mol. The summed E-state index contributed by atoms with van der Waals surface area (Å²) in [5.41, 5.74) is 0.197. The SMILES string of the molecule is C=C(C)C(=O)OCC(C)OC(C)(C)C. The number of rotatable bonds is 4. The van der Waals surface area contributed by atoms with Crippen molar-refractivity contribution in [1.29, 1.82) is 0 Å². The third kappa shape index (κ3) is 6.66. The first-order valence-electron chi connectivity index (χ1n) is 4.73. The fourth-order valence-corrected chi connectivity index (χ4v) is 0.954. The standard InChI is InChI=1S/C11H20O3/c1-8(2)10(12)13-7-9(3)14-11(4,5)6/h9H,1,7H2,2-6H3. The van der Waals surface area contributed by atoms with E-state index >= 15 is 0 Å². The van der Waals surface area contributed by atoms with E-state index in [1.54, 1.807) is 6.92 Å². The van der Waals surface area contributed by atoms with Crippen molar-refractivity contribution in [1.82, 2.24) is 0 Å². The summed E-state index contributed by atoms with van der Waals surface area (Å²) in [7, 11) is 0. The van der Waals surface area contributed by atoms with E-state index < -0.39 is 0 Å². The van der Waals surface area contributed by atoms with Crippen LogP contribution in [0, 0.1) is 0 Å². The highest BCUT2D eigenvalue weighted by Crippen LogP contribution is 2.10. The molecule has 82 valence electrons. The Bertz CT molecular complexity index is 213. The van der Waals surface area contributed by atoms with E-state index in [0.29, 0.717) is 5.57 Å². The molecule has 0 aromatic heterocycles. The van der Waals surface area contributed by atoms with Crippen molar-refractivity contribution in [3.63, 3.8) is 0 Å². The minimum absolute atomic E-state index is 0.0988. The monoisotopic (exact) mass is 200 g/mol. The predicted molar refractivity (Wildman–Crippen MR) is 56.1 cm³/mol. The van der Waals surface area contributed by atoms with Gasteiger partial charge < -0.3 is 9.47 Å². The van der Waals surface area contributed by atoms with Crippen LogP contribution in [0.4, 0.5) is 0 Å². The average Bonchev–Trinajstić information content (AvgIpc) is 1.96. The van der Waals surface area contributed by atoms with Crippen LogP contribution in [0.2, 0.25) is 0 Å². The van der Waals surface area contributed by atoms with Gasteiger partial charge in [-0.05, 0) is 34.6 Å². The maximum absolute atomic E-state index is 11.0. The molecule has 0 fully saturated rings. The first kappa shape index (κ1) is 13.2. The fourth-order valence-electron chi connectivity index (χ4n) is 0.954. The first-order chi connectivity index (χ1) is 6.22. The maximum atomic E-state index is 11.0. The highest BCUT2D eigenvalue weighted by Gasteiger charge is 2.16. The Hall–Kier alpha value is -0.830. The summed E-state index contributed by atoms with van der Waals surface area (Å²) >= 11 is 0. The molecule has 0 saturated heterocycles. The van der Waals surface area contributed by atoms with Crippen LogP contribution in [0.3, 0.4) is 0 Å². The summed E-state index contributed by atoms with van der Waals surface area (Å²) in [6.07, 6.45) is -0.0988. The number of esters is 1. The van der Waals surface area contributed by atoms with Gasteiger partial charge in [0.15, 0.2) is 0 Å². The van der Waals surface area contributed by atoms with E-state index in [9.17, 15) is 4.79 Å². The van der Waals surface area contributed by atoms with Crippen LogP contribution in [-0.2, 0) is 14.3 Å². The molecular formula is C11H20O3. The zero-order valence-electron chi connectivity index (χ0n) is 9.72. The topological polar surface area (TPSA) is 35.5 Å². The molecule has 0 aromatic carbocycles.